The molecule has 2 N–H and O–H groups in total. The predicted molar refractivity (Wildman–Crippen MR) is 90.5 cm³/mol. The number of benzene rings is 2. The second kappa shape index (κ2) is 6.14. The predicted octanol–water partition coefficient (Wildman–Crippen LogP) is 3.44. The Hall–Kier alpha value is -2.79. The molecule has 1 aromatic heterocycles. The van der Waals surface area contributed by atoms with Gasteiger partial charge in [0.2, 0.25) is 5.43 Å². The number of hydrogen-bond acceptors (Lipinski definition) is 3. The minimum absolute atomic E-state index is 0.00525. The normalized spacial score (nSPS) is 10.5. The van der Waals surface area contributed by atoms with Crippen LogP contribution < -0.4 is 15.5 Å². The first-order valence-corrected chi connectivity index (χ1v) is 7.23. The molecule has 0 unspecified atom stereocenters. The lowest BCUT2D eigenvalue weighted by atomic mass is 10.1. The molecule has 0 bridgehead atoms. The summed E-state index contributed by atoms with van der Waals surface area (Å²) in [4.78, 5) is 27.9. The van der Waals surface area contributed by atoms with E-state index < -0.39 is 5.91 Å². The topological polar surface area (TPSA) is 71.2 Å². The van der Waals surface area contributed by atoms with E-state index in [2.05, 4.69) is 10.3 Å². The number of anilines is 1. The number of fused-ring (bicyclic) bond motifs is 1. The van der Waals surface area contributed by atoms with Crippen LogP contribution in [0.2, 0.25) is 5.02 Å². The molecule has 3 aromatic rings. The Morgan fingerprint density at radius 1 is 1.22 bits per heavy atom. The first-order valence-electron chi connectivity index (χ1n) is 6.85. The highest BCUT2D eigenvalue weighted by Gasteiger charge is 2.14. The van der Waals surface area contributed by atoms with E-state index in [1.807, 2.05) is 0 Å². The number of amides is 1. The zero-order valence-corrected chi connectivity index (χ0v) is 13.0. The molecular formula is C17H13ClN2O3. The summed E-state index contributed by atoms with van der Waals surface area (Å²) in [5, 5.41) is 3.43. The second-order valence-electron chi connectivity index (χ2n) is 4.88. The van der Waals surface area contributed by atoms with E-state index in [9.17, 15) is 9.59 Å². The third-order valence-electron chi connectivity index (χ3n) is 3.45. The molecule has 0 radical (unpaired) electrons. The molecule has 0 aliphatic heterocycles. The Balaban J connectivity index is 2.02. The first-order chi connectivity index (χ1) is 11.1. The van der Waals surface area contributed by atoms with Crippen molar-refractivity contribution in [1.82, 2.24) is 4.98 Å². The zero-order valence-electron chi connectivity index (χ0n) is 12.2. The van der Waals surface area contributed by atoms with Gasteiger partial charge < -0.3 is 15.0 Å². The summed E-state index contributed by atoms with van der Waals surface area (Å²) in [5.74, 6) is 0.0238. The van der Waals surface area contributed by atoms with Crippen molar-refractivity contribution in [1.29, 1.82) is 0 Å². The van der Waals surface area contributed by atoms with E-state index in [1.165, 1.54) is 13.3 Å². The molecule has 0 aliphatic rings. The number of nitrogens with one attached hydrogen (secondary N) is 2. The van der Waals surface area contributed by atoms with E-state index in [1.54, 1.807) is 42.5 Å². The number of para-hydroxylation sites is 1. The minimum atomic E-state index is -0.524. The van der Waals surface area contributed by atoms with E-state index in [0.29, 0.717) is 27.4 Å². The highest BCUT2D eigenvalue weighted by atomic mass is 35.5. The Bertz CT molecular complexity index is 950. The van der Waals surface area contributed by atoms with Crippen LogP contribution in [0.4, 0.5) is 5.69 Å². The Morgan fingerprint density at radius 3 is 2.74 bits per heavy atom. The van der Waals surface area contributed by atoms with Gasteiger partial charge in [-0.1, -0.05) is 23.7 Å². The van der Waals surface area contributed by atoms with Crippen molar-refractivity contribution >= 4 is 34.1 Å². The number of H-pyrrole nitrogens is 1. The van der Waals surface area contributed by atoms with Gasteiger partial charge >= 0.3 is 0 Å². The molecule has 1 amide bonds. The van der Waals surface area contributed by atoms with Gasteiger partial charge in [-0.15, -0.1) is 0 Å². The van der Waals surface area contributed by atoms with Crippen LogP contribution in [0.25, 0.3) is 10.9 Å². The van der Waals surface area contributed by atoms with Gasteiger partial charge in [-0.05, 0) is 30.3 Å². The average molecular weight is 329 g/mol. The van der Waals surface area contributed by atoms with Gasteiger partial charge in [-0.3, -0.25) is 9.59 Å². The number of methoxy groups -OCH3 is 1. The van der Waals surface area contributed by atoms with E-state index in [4.69, 9.17) is 16.3 Å². The summed E-state index contributed by atoms with van der Waals surface area (Å²) < 4.78 is 5.12. The van der Waals surface area contributed by atoms with Crippen LogP contribution in [0.1, 0.15) is 10.4 Å². The lowest BCUT2D eigenvalue weighted by Crippen LogP contribution is -2.22. The van der Waals surface area contributed by atoms with E-state index >= 15 is 0 Å². The fourth-order valence-electron chi connectivity index (χ4n) is 2.25. The Morgan fingerprint density at radius 2 is 2.00 bits per heavy atom. The van der Waals surface area contributed by atoms with Crippen LogP contribution in [0, 0.1) is 0 Å². The van der Waals surface area contributed by atoms with Crippen molar-refractivity contribution in [3.8, 4) is 5.75 Å². The van der Waals surface area contributed by atoms with E-state index in [0.717, 1.165) is 0 Å². The van der Waals surface area contributed by atoms with Gasteiger partial charge in [0, 0.05) is 17.1 Å². The molecular weight excluding hydrogens is 316 g/mol. The molecule has 3 rings (SSSR count). The second-order valence-corrected chi connectivity index (χ2v) is 5.28. The molecule has 0 aliphatic carbocycles. The summed E-state index contributed by atoms with van der Waals surface area (Å²) >= 11 is 6.01. The summed E-state index contributed by atoms with van der Waals surface area (Å²) in [6, 6.07) is 11.9. The fourth-order valence-corrected chi connectivity index (χ4v) is 2.43. The molecule has 0 atom stereocenters. The molecule has 6 heteroatoms. The van der Waals surface area contributed by atoms with Crippen LogP contribution in [0.3, 0.4) is 0 Å². The highest BCUT2D eigenvalue weighted by Crippen LogP contribution is 2.21. The number of aromatic nitrogens is 1. The van der Waals surface area contributed by atoms with Crippen LogP contribution in [0.5, 0.6) is 5.75 Å². The molecule has 0 saturated heterocycles. The SMILES string of the molecule is COc1ccc2[nH]cc(C(=O)Nc3ccccc3Cl)c(=O)c2c1. The van der Waals surface area contributed by atoms with Gasteiger partial charge in [0.1, 0.15) is 11.3 Å². The fraction of sp³-hybridized carbons (Fsp3) is 0.0588. The van der Waals surface area contributed by atoms with Gasteiger partial charge in [0.25, 0.3) is 5.91 Å². The lowest BCUT2D eigenvalue weighted by molar-refractivity contribution is 0.102. The van der Waals surface area contributed by atoms with Crippen molar-refractivity contribution < 1.29 is 9.53 Å². The van der Waals surface area contributed by atoms with Gasteiger partial charge in [0.15, 0.2) is 0 Å². The Kier molecular flexibility index (Phi) is 4.04. The minimum Gasteiger partial charge on any atom is -0.497 e. The molecule has 2 aromatic carbocycles. The number of rotatable bonds is 3. The van der Waals surface area contributed by atoms with E-state index in [-0.39, 0.29) is 11.0 Å². The van der Waals surface area contributed by atoms with Crippen molar-refractivity contribution in [2.75, 3.05) is 12.4 Å². The number of aromatic amines is 1. The number of pyridine rings is 1. The quantitative estimate of drug-likeness (QED) is 0.773. The van der Waals surface area contributed by atoms with Gasteiger partial charge in [-0.25, -0.2) is 0 Å². The summed E-state index contributed by atoms with van der Waals surface area (Å²) in [6.07, 6.45) is 1.39. The molecule has 1 heterocycles. The molecule has 0 spiro atoms. The summed E-state index contributed by atoms with van der Waals surface area (Å²) in [6.45, 7) is 0. The largest absolute Gasteiger partial charge is 0.497 e. The summed E-state index contributed by atoms with van der Waals surface area (Å²) in [5.41, 5.74) is 0.710. The molecule has 0 saturated carbocycles. The third-order valence-corrected chi connectivity index (χ3v) is 3.78. The number of carbonyl (C=O) groups is 1. The van der Waals surface area contributed by atoms with Crippen LogP contribution in [0.15, 0.2) is 53.5 Å². The molecule has 0 fully saturated rings. The summed E-state index contributed by atoms with van der Waals surface area (Å²) in [7, 11) is 1.52. The Labute approximate surface area is 136 Å². The number of hydrogen-bond donors (Lipinski definition) is 2. The third kappa shape index (κ3) is 2.91. The lowest BCUT2D eigenvalue weighted by Gasteiger charge is -2.08. The highest BCUT2D eigenvalue weighted by molar-refractivity contribution is 6.33. The molecule has 116 valence electrons. The number of halogens is 1. The van der Waals surface area contributed by atoms with Gasteiger partial charge in [0.05, 0.1) is 17.8 Å². The smallest absolute Gasteiger partial charge is 0.261 e. The number of ether oxygens (including phenoxy) is 1. The monoisotopic (exact) mass is 328 g/mol. The van der Waals surface area contributed by atoms with Crippen molar-refractivity contribution in [3.63, 3.8) is 0 Å². The number of carbonyl (C=O) groups excluding carboxylic acids is 1. The molecule has 5 nitrogen and oxygen atoms in total. The average Bonchev–Trinajstić information content (AvgIpc) is 2.57. The maximum Gasteiger partial charge on any atom is 0.261 e. The zero-order chi connectivity index (χ0) is 16.4. The van der Waals surface area contributed by atoms with Crippen molar-refractivity contribution in [3.05, 3.63) is 69.5 Å². The molecule has 23 heavy (non-hydrogen) atoms. The standard InChI is InChI=1S/C17H13ClN2O3/c1-23-10-6-7-14-11(8-10)16(21)12(9-19-14)17(22)20-15-5-3-2-4-13(15)18/h2-9H,1H3,(H,19,21)(H,20,22). The van der Waals surface area contributed by atoms with Crippen LogP contribution >= 0.6 is 11.6 Å². The van der Waals surface area contributed by atoms with Crippen molar-refractivity contribution in [2.45, 2.75) is 0 Å². The maximum atomic E-state index is 12.5. The van der Waals surface area contributed by atoms with Crippen LogP contribution in [-0.2, 0) is 0 Å². The van der Waals surface area contributed by atoms with Crippen molar-refractivity contribution in [2.24, 2.45) is 0 Å². The maximum absolute atomic E-state index is 12.5. The van der Waals surface area contributed by atoms with Gasteiger partial charge in [-0.2, -0.15) is 0 Å². The van der Waals surface area contributed by atoms with Crippen LogP contribution in [-0.4, -0.2) is 18.0 Å². The first kappa shape index (κ1) is 15.1.